The summed E-state index contributed by atoms with van der Waals surface area (Å²) in [7, 11) is -0.392. The van der Waals surface area contributed by atoms with Gasteiger partial charge in [-0.15, -0.1) is 0 Å². The van der Waals surface area contributed by atoms with Crippen LogP contribution in [0.2, 0.25) is 0 Å². The minimum absolute atomic E-state index is 0.0892. The summed E-state index contributed by atoms with van der Waals surface area (Å²) in [6.45, 7) is 4.00. The molecular formula is C30H43N3O4S. The number of likely N-dealkylation sites (tertiary alicyclic amines) is 1. The van der Waals surface area contributed by atoms with E-state index in [-0.39, 0.29) is 18.1 Å². The van der Waals surface area contributed by atoms with Gasteiger partial charge in [0.05, 0.1) is 12.0 Å². The van der Waals surface area contributed by atoms with Gasteiger partial charge in [-0.05, 0) is 68.2 Å². The molecule has 1 aliphatic carbocycles. The molecule has 0 spiro atoms. The van der Waals surface area contributed by atoms with Gasteiger partial charge in [0, 0.05) is 39.3 Å². The van der Waals surface area contributed by atoms with E-state index in [2.05, 4.69) is 17.0 Å². The van der Waals surface area contributed by atoms with Crippen LogP contribution in [-0.4, -0.2) is 81.5 Å². The highest BCUT2D eigenvalue weighted by Crippen LogP contribution is 2.29. The third-order valence-corrected chi connectivity index (χ3v) is 10.2. The molecule has 2 aromatic rings. The number of likely N-dealkylation sites (N-methyl/N-ethyl adjacent to an activating group) is 1. The molecule has 208 valence electrons. The minimum Gasteiger partial charge on any atom is -0.453 e. The fraction of sp³-hybridized carbons (Fsp3) is 0.567. The Morgan fingerprint density at radius 2 is 1.58 bits per heavy atom. The van der Waals surface area contributed by atoms with Crippen LogP contribution in [0.4, 0.5) is 4.79 Å². The van der Waals surface area contributed by atoms with Gasteiger partial charge < -0.3 is 14.5 Å². The quantitative estimate of drug-likeness (QED) is 0.391. The normalized spacial score (nSPS) is 18.5. The molecule has 4 rings (SSSR count). The van der Waals surface area contributed by atoms with E-state index in [1.54, 1.807) is 31.3 Å². The summed E-state index contributed by atoms with van der Waals surface area (Å²) >= 11 is 0. The molecular weight excluding hydrogens is 498 g/mol. The number of piperidine rings is 1. The first-order valence-corrected chi connectivity index (χ1v) is 15.5. The van der Waals surface area contributed by atoms with Crippen LogP contribution >= 0.6 is 0 Å². The number of carbonyl (C=O) groups excluding carboxylic acids is 1. The number of hydrogen-bond acceptors (Lipinski definition) is 5. The summed E-state index contributed by atoms with van der Waals surface area (Å²) < 4.78 is 33.0. The molecule has 7 nitrogen and oxygen atoms in total. The van der Waals surface area contributed by atoms with Crippen molar-refractivity contribution in [2.24, 2.45) is 5.92 Å². The van der Waals surface area contributed by atoms with Gasteiger partial charge in [0.15, 0.2) is 0 Å². The van der Waals surface area contributed by atoms with Gasteiger partial charge in [0.2, 0.25) is 10.0 Å². The summed E-state index contributed by atoms with van der Waals surface area (Å²) in [5.41, 5.74) is 1.16. The number of nitrogens with zero attached hydrogens (tertiary/aromatic N) is 3. The van der Waals surface area contributed by atoms with Gasteiger partial charge in [-0.1, -0.05) is 61.4 Å². The Morgan fingerprint density at radius 1 is 0.974 bits per heavy atom. The van der Waals surface area contributed by atoms with Crippen LogP contribution in [0.25, 0.3) is 0 Å². The molecule has 1 saturated heterocycles. The third kappa shape index (κ3) is 7.36. The van der Waals surface area contributed by atoms with Gasteiger partial charge >= 0.3 is 6.09 Å². The Balaban J connectivity index is 1.35. The molecule has 8 heteroatoms. The first kappa shape index (κ1) is 28.6. The summed E-state index contributed by atoms with van der Waals surface area (Å²) in [6, 6.07) is 19.1. The molecule has 0 radical (unpaired) electrons. The number of carbonyl (C=O) groups is 1. The largest absolute Gasteiger partial charge is 0.453 e. The van der Waals surface area contributed by atoms with Gasteiger partial charge in [-0.25, -0.2) is 17.5 Å². The van der Waals surface area contributed by atoms with Crippen molar-refractivity contribution in [2.45, 2.75) is 61.8 Å². The maximum absolute atomic E-state index is 13.2. The molecule has 2 aliphatic rings. The fourth-order valence-corrected chi connectivity index (χ4v) is 7.26. The van der Waals surface area contributed by atoms with Crippen molar-refractivity contribution in [3.8, 4) is 0 Å². The first-order valence-electron chi connectivity index (χ1n) is 14.0. The Hall–Kier alpha value is -2.42. The molecule has 38 heavy (non-hydrogen) atoms. The Labute approximate surface area is 228 Å². The zero-order chi connectivity index (χ0) is 27.0. The number of sulfonamides is 1. The van der Waals surface area contributed by atoms with Crippen molar-refractivity contribution in [3.05, 3.63) is 66.2 Å². The van der Waals surface area contributed by atoms with E-state index in [0.29, 0.717) is 17.4 Å². The predicted molar refractivity (Wildman–Crippen MR) is 151 cm³/mol. The molecule has 0 aromatic heterocycles. The lowest BCUT2D eigenvalue weighted by atomic mass is 9.94. The van der Waals surface area contributed by atoms with Crippen molar-refractivity contribution >= 4 is 16.1 Å². The summed E-state index contributed by atoms with van der Waals surface area (Å²) in [5, 5.41) is 0. The SMILES string of the molecule is COC(=O)N(CC1CCCC1)C1CCN(CC[C@H](CN(C)S(=O)(=O)c2ccccc2)c2ccccc2)CC1. The van der Waals surface area contributed by atoms with E-state index in [1.807, 2.05) is 29.2 Å². The first-order chi connectivity index (χ1) is 18.4. The van der Waals surface area contributed by atoms with Crippen LogP contribution in [-0.2, 0) is 14.8 Å². The lowest BCUT2D eigenvalue weighted by molar-refractivity contribution is 0.0692. The lowest BCUT2D eigenvalue weighted by Crippen LogP contribution is -2.49. The smallest absolute Gasteiger partial charge is 0.409 e. The number of rotatable bonds is 11. The second kappa shape index (κ2) is 13.6. The van der Waals surface area contributed by atoms with E-state index < -0.39 is 10.0 Å². The van der Waals surface area contributed by atoms with Crippen LogP contribution in [0.1, 0.15) is 56.4 Å². The highest BCUT2D eigenvalue weighted by atomic mass is 32.2. The topological polar surface area (TPSA) is 70.2 Å². The Kier molecular flexibility index (Phi) is 10.2. The van der Waals surface area contributed by atoms with Gasteiger partial charge in [-0.2, -0.15) is 0 Å². The fourth-order valence-electron chi connectivity index (χ4n) is 6.02. The van der Waals surface area contributed by atoms with Crippen LogP contribution in [0, 0.1) is 5.92 Å². The van der Waals surface area contributed by atoms with Gasteiger partial charge in [-0.3, -0.25) is 0 Å². The predicted octanol–water partition coefficient (Wildman–Crippen LogP) is 5.20. The molecule has 1 heterocycles. The molecule has 1 aliphatic heterocycles. The monoisotopic (exact) mass is 541 g/mol. The second-order valence-corrected chi connectivity index (χ2v) is 12.9. The van der Waals surface area contributed by atoms with Crippen molar-refractivity contribution in [3.63, 3.8) is 0 Å². The average molecular weight is 542 g/mol. The lowest BCUT2D eigenvalue weighted by Gasteiger charge is -2.39. The van der Waals surface area contributed by atoms with Crippen LogP contribution in [0.15, 0.2) is 65.6 Å². The molecule has 2 fully saturated rings. The standard InChI is InChI=1S/C30H43N3O4S/c1-31(38(35,36)29-15-7-4-8-16-29)24-27(26-13-5-3-6-14-26)17-20-32-21-18-28(19-22-32)33(30(34)37-2)23-25-11-9-10-12-25/h3-8,13-16,25,27-28H,9-12,17-24H2,1-2H3/t27-/m1/s1. The number of benzene rings is 2. The zero-order valence-electron chi connectivity index (χ0n) is 22.9. The Bertz CT molecular complexity index is 1100. The minimum atomic E-state index is -3.55. The average Bonchev–Trinajstić information content (AvgIpc) is 3.48. The number of amides is 1. The molecule has 1 atom stereocenters. The van der Waals surface area contributed by atoms with Gasteiger partial charge in [0.1, 0.15) is 0 Å². The van der Waals surface area contributed by atoms with E-state index in [9.17, 15) is 13.2 Å². The highest BCUT2D eigenvalue weighted by molar-refractivity contribution is 7.89. The van der Waals surface area contributed by atoms with E-state index >= 15 is 0 Å². The molecule has 2 aromatic carbocycles. The highest BCUT2D eigenvalue weighted by Gasteiger charge is 2.32. The maximum Gasteiger partial charge on any atom is 0.409 e. The van der Waals surface area contributed by atoms with Crippen molar-refractivity contribution in [2.75, 3.05) is 46.9 Å². The zero-order valence-corrected chi connectivity index (χ0v) is 23.7. The Morgan fingerprint density at radius 3 is 2.18 bits per heavy atom. The van der Waals surface area contributed by atoms with E-state index in [0.717, 1.165) is 51.0 Å². The molecule has 1 saturated carbocycles. The summed E-state index contributed by atoms with van der Waals surface area (Å²) in [6.07, 6.45) is 7.52. The molecule has 0 bridgehead atoms. The van der Waals surface area contributed by atoms with Crippen molar-refractivity contribution in [1.82, 2.24) is 14.1 Å². The summed E-state index contributed by atoms with van der Waals surface area (Å²) in [5.74, 6) is 0.689. The van der Waals surface area contributed by atoms with E-state index in [4.69, 9.17) is 4.74 Å². The third-order valence-electron chi connectivity index (χ3n) is 8.33. The number of methoxy groups -OCH3 is 1. The molecule has 1 amide bonds. The second-order valence-electron chi connectivity index (χ2n) is 10.8. The number of hydrogen-bond donors (Lipinski definition) is 0. The summed E-state index contributed by atoms with van der Waals surface area (Å²) in [4.78, 5) is 17.3. The van der Waals surface area contributed by atoms with Crippen molar-refractivity contribution < 1.29 is 17.9 Å². The molecule has 0 N–H and O–H groups in total. The van der Waals surface area contributed by atoms with Gasteiger partial charge in [0.25, 0.3) is 0 Å². The van der Waals surface area contributed by atoms with Crippen LogP contribution < -0.4 is 0 Å². The van der Waals surface area contributed by atoms with E-state index in [1.165, 1.54) is 37.1 Å². The maximum atomic E-state index is 13.2. The molecule has 0 unspecified atom stereocenters. The van der Waals surface area contributed by atoms with Crippen molar-refractivity contribution in [1.29, 1.82) is 0 Å². The number of ether oxygens (including phenoxy) is 1. The van der Waals surface area contributed by atoms with Crippen LogP contribution in [0.3, 0.4) is 0 Å². The van der Waals surface area contributed by atoms with Crippen LogP contribution in [0.5, 0.6) is 0 Å².